The minimum Gasteiger partial charge on any atom is -0.311 e. The van der Waals surface area contributed by atoms with Crippen molar-refractivity contribution in [3.63, 3.8) is 0 Å². The number of anilines is 18. The Kier molecular flexibility index (Phi) is 16.1. The average molecular weight is 1340 g/mol. The van der Waals surface area contributed by atoms with Gasteiger partial charge in [-0.05, 0) is 193 Å². The van der Waals surface area contributed by atoms with Crippen molar-refractivity contribution in [1.29, 1.82) is 0 Å². The van der Waals surface area contributed by atoms with E-state index in [1.54, 1.807) is 0 Å². The number of benzene rings is 14. The van der Waals surface area contributed by atoms with E-state index in [4.69, 9.17) is 0 Å². The van der Waals surface area contributed by atoms with Crippen LogP contribution >= 0.6 is 0 Å². The third-order valence-corrected chi connectivity index (χ3v) is 22.0. The van der Waals surface area contributed by atoms with Gasteiger partial charge in [-0.1, -0.05) is 274 Å². The number of fused-ring (bicyclic) bond motifs is 8. The van der Waals surface area contributed by atoms with E-state index in [2.05, 4.69) is 412 Å². The highest BCUT2D eigenvalue weighted by atomic mass is 15.2. The first-order chi connectivity index (χ1) is 51.0. The van der Waals surface area contributed by atoms with Gasteiger partial charge in [-0.3, -0.25) is 0 Å². The first kappa shape index (κ1) is 64.1. The van der Waals surface area contributed by atoms with E-state index in [0.29, 0.717) is 0 Å². The van der Waals surface area contributed by atoms with Crippen LogP contribution in [0.3, 0.4) is 0 Å². The van der Waals surface area contributed by atoms with Crippen molar-refractivity contribution in [2.24, 2.45) is 0 Å². The van der Waals surface area contributed by atoms with Gasteiger partial charge < -0.3 is 29.4 Å². The first-order valence-corrected chi connectivity index (χ1v) is 37.2. The van der Waals surface area contributed by atoms with Crippen molar-refractivity contribution in [3.05, 3.63) is 350 Å². The zero-order valence-electron chi connectivity index (χ0n) is 60.3. The standard InChI is InChI=1S/C96H82B2N6/c1-63(2)73-43-21-28-50-82(73)102(83-51-29-22-44-74(83)64(3)4)71-57-91-95-93(59-71)101(70-41-19-12-20-42-70)89-62-90-81(61-80(89)97(95)78-48-26-33-55-87(78)99(91)68-37-15-10-16-38-68)98-79-49-27-34-56-88(79)100(69-39-17-11-18-40-69)92-58-72(60-94(96(92)98)104(90)86-54-32-25-47-77(86)67-35-13-9-14-36-67)103(84-52-30-23-45-75(84)65(5)6)85-53-31-24-46-76(85)66(7)8/h9-66H,1-8H3. The highest BCUT2D eigenvalue weighted by Crippen LogP contribution is 2.55. The molecule has 4 heterocycles. The normalized spacial score (nSPS) is 13.0. The van der Waals surface area contributed by atoms with E-state index in [9.17, 15) is 0 Å². The first-order valence-electron chi connectivity index (χ1n) is 37.2. The van der Waals surface area contributed by atoms with Crippen LogP contribution in [0.4, 0.5) is 102 Å². The van der Waals surface area contributed by atoms with Crippen LogP contribution in [-0.2, 0) is 0 Å². The fourth-order valence-corrected chi connectivity index (χ4v) is 17.5. The molecule has 4 aliphatic heterocycles. The van der Waals surface area contributed by atoms with Crippen LogP contribution < -0.4 is 62.2 Å². The zero-order chi connectivity index (χ0) is 70.4. The van der Waals surface area contributed by atoms with Crippen molar-refractivity contribution in [2.45, 2.75) is 79.1 Å². The maximum absolute atomic E-state index is 2.68. The summed E-state index contributed by atoms with van der Waals surface area (Å²) in [5.41, 5.74) is 35.3. The van der Waals surface area contributed by atoms with Crippen LogP contribution in [0.2, 0.25) is 0 Å². The molecule has 18 rings (SSSR count). The molecule has 14 aromatic carbocycles. The summed E-state index contributed by atoms with van der Waals surface area (Å²) >= 11 is 0. The third-order valence-electron chi connectivity index (χ3n) is 22.0. The number of nitrogens with zero attached hydrogens (tertiary/aromatic N) is 6. The maximum Gasteiger partial charge on any atom is 0.252 e. The Labute approximate surface area is 614 Å². The quantitative estimate of drug-likeness (QED) is 0.0946. The van der Waals surface area contributed by atoms with Crippen molar-refractivity contribution >= 4 is 149 Å². The second-order valence-electron chi connectivity index (χ2n) is 29.5. The van der Waals surface area contributed by atoms with Crippen LogP contribution in [0, 0.1) is 0 Å². The summed E-state index contributed by atoms with van der Waals surface area (Å²) in [6.07, 6.45) is 0. The molecule has 0 aromatic heterocycles. The Hall–Kier alpha value is -12.0. The Bertz CT molecular complexity index is 5500. The number of hydrogen-bond donors (Lipinski definition) is 0. The van der Waals surface area contributed by atoms with E-state index >= 15 is 0 Å². The lowest BCUT2D eigenvalue weighted by molar-refractivity contribution is 0.854. The van der Waals surface area contributed by atoms with Crippen LogP contribution in [0.15, 0.2) is 328 Å². The zero-order valence-corrected chi connectivity index (χ0v) is 60.3. The van der Waals surface area contributed by atoms with E-state index in [1.807, 2.05) is 0 Å². The average Bonchev–Trinajstić information content (AvgIpc) is 0.682. The maximum atomic E-state index is 2.68. The number of rotatable bonds is 15. The Morgan fingerprint density at radius 1 is 0.231 bits per heavy atom. The molecule has 0 radical (unpaired) electrons. The van der Waals surface area contributed by atoms with E-state index in [-0.39, 0.29) is 37.1 Å². The second-order valence-corrected chi connectivity index (χ2v) is 29.5. The van der Waals surface area contributed by atoms with Crippen LogP contribution in [-0.4, -0.2) is 13.4 Å². The lowest BCUT2D eigenvalue weighted by Gasteiger charge is -2.48. The van der Waals surface area contributed by atoms with Gasteiger partial charge >= 0.3 is 0 Å². The van der Waals surface area contributed by atoms with Gasteiger partial charge in [-0.25, -0.2) is 0 Å². The van der Waals surface area contributed by atoms with Crippen LogP contribution in [0.1, 0.15) is 101 Å². The predicted molar refractivity (Wildman–Crippen MR) is 446 cm³/mol. The monoisotopic (exact) mass is 1340 g/mol. The number of para-hydroxylation sites is 10. The molecule has 0 spiro atoms. The summed E-state index contributed by atoms with van der Waals surface area (Å²) in [7, 11) is 0. The molecule has 8 heteroatoms. The highest BCUT2D eigenvalue weighted by Gasteiger charge is 2.49. The number of hydrogen-bond acceptors (Lipinski definition) is 6. The summed E-state index contributed by atoms with van der Waals surface area (Å²) in [4.78, 5) is 15.6. The second kappa shape index (κ2) is 26.1. The minimum absolute atomic E-state index is 0.201. The SMILES string of the molecule is CC(C)c1ccccc1N(c1cc2c3c(c1)N(c1ccccc1)c1cc4c(cc1B3c1ccccc1N2c1ccccc1)B1c2ccccc2N(c2ccccc2)c2cc(N(c3ccccc3C(C)C)c3ccccc3C(C)C)cc(c21)N4c1ccccc1-c1ccccc1)c1ccccc1C(C)C. The largest absolute Gasteiger partial charge is 0.311 e. The molecule has 0 N–H and O–H groups in total. The minimum atomic E-state index is -0.214. The molecule has 0 saturated heterocycles. The fourth-order valence-electron chi connectivity index (χ4n) is 17.5. The van der Waals surface area contributed by atoms with E-state index in [0.717, 1.165) is 102 Å². The lowest BCUT2D eigenvalue weighted by Crippen LogP contribution is -2.65. The molecule has 104 heavy (non-hydrogen) atoms. The van der Waals surface area contributed by atoms with Crippen molar-refractivity contribution in [1.82, 2.24) is 0 Å². The Balaban J connectivity index is 0.997. The van der Waals surface area contributed by atoms with Gasteiger partial charge in [0, 0.05) is 90.9 Å². The molecule has 0 amide bonds. The van der Waals surface area contributed by atoms with Crippen molar-refractivity contribution in [3.8, 4) is 11.1 Å². The molecule has 0 saturated carbocycles. The summed E-state index contributed by atoms with van der Waals surface area (Å²) in [5, 5.41) is 0. The van der Waals surface area contributed by atoms with Gasteiger partial charge in [0.25, 0.3) is 13.4 Å². The van der Waals surface area contributed by atoms with Crippen LogP contribution in [0.5, 0.6) is 0 Å². The van der Waals surface area contributed by atoms with Gasteiger partial charge in [0.15, 0.2) is 0 Å². The van der Waals surface area contributed by atoms with E-state index in [1.165, 1.54) is 66.4 Å². The molecule has 0 aliphatic carbocycles. The molecule has 0 unspecified atom stereocenters. The summed E-state index contributed by atoms with van der Waals surface area (Å²) < 4.78 is 0. The van der Waals surface area contributed by atoms with Crippen molar-refractivity contribution < 1.29 is 0 Å². The molecular weight excluding hydrogens is 1260 g/mol. The smallest absolute Gasteiger partial charge is 0.252 e. The summed E-state index contributed by atoms with van der Waals surface area (Å²) in [6.45, 7) is 18.2. The van der Waals surface area contributed by atoms with Gasteiger partial charge in [-0.15, -0.1) is 0 Å². The van der Waals surface area contributed by atoms with Gasteiger partial charge in [-0.2, -0.15) is 0 Å². The summed E-state index contributed by atoms with van der Waals surface area (Å²) in [6, 6.07) is 124. The molecule has 6 nitrogen and oxygen atoms in total. The van der Waals surface area contributed by atoms with Crippen LogP contribution in [0.25, 0.3) is 11.1 Å². The predicted octanol–water partition coefficient (Wildman–Crippen LogP) is 23.0. The molecule has 0 fully saturated rings. The molecule has 14 aromatic rings. The fraction of sp³-hybridized carbons (Fsp3) is 0.125. The van der Waals surface area contributed by atoms with Gasteiger partial charge in [0.05, 0.1) is 17.1 Å². The molecule has 0 bridgehead atoms. The summed E-state index contributed by atoms with van der Waals surface area (Å²) in [5.74, 6) is 0.952. The highest BCUT2D eigenvalue weighted by molar-refractivity contribution is 7.03. The molecule has 0 atom stereocenters. The van der Waals surface area contributed by atoms with E-state index < -0.39 is 0 Å². The van der Waals surface area contributed by atoms with Gasteiger partial charge in [0.1, 0.15) is 0 Å². The van der Waals surface area contributed by atoms with Crippen molar-refractivity contribution in [2.75, 3.05) is 29.4 Å². The Morgan fingerprint density at radius 3 is 0.894 bits per heavy atom. The molecular formula is C96H82B2N6. The topological polar surface area (TPSA) is 19.4 Å². The lowest BCUT2D eigenvalue weighted by atomic mass is 9.30. The Morgan fingerprint density at radius 2 is 0.519 bits per heavy atom. The molecule has 4 aliphatic rings. The third kappa shape index (κ3) is 10.5. The molecule has 502 valence electrons. The van der Waals surface area contributed by atoms with Gasteiger partial charge in [0.2, 0.25) is 0 Å².